The minimum Gasteiger partial charge on any atom is -0.340 e. The number of hydrogen-bond acceptors (Lipinski definition) is 4. The third-order valence-corrected chi connectivity index (χ3v) is 6.90. The second-order valence-corrected chi connectivity index (χ2v) is 9.69. The van der Waals surface area contributed by atoms with E-state index >= 15 is 0 Å². The van der Waals surface area contributed by atoms with Gasteiger partial charge in [0.1, 0.15) is 11.4 Å². The van der Waals surface area contributed by atoms with Gasteiger partial charge in [-0.15, -0.1) is 0 Å². The molecule has 1 heterocycles. The number of carbonyl (C=O) groups excluding carboxylic acids is 2. The predicted molar refractivity (Wildman–Crippen MR) is 135 cm³/mol. The summed E-state index contributed by atoms with van der Waals surface area (Å²) in [6.45, 7) is 1.31. The smallest absolute Gasteiger partial charge is 0.340 e. The number of rotatable bonds is 9. The molecule has 2 aromatic carbocycles. The van der Waals surface area contributed by atoms with Gasteiger partial charge in [0.25, 0.3) is 0 Å². The van der Waals surface area contributed by atoms with Crippen molar-refractivity contribution in [2.75, 3.05) is 6.54 Å². The van der Waals surface area contributed by atoms with Gasteiger partial charge in [-0.3, -0.25) is 14.6 Å². The second kappa shape index (κ2) is 11.4. The number of benzene rings is 2. The monoisotopic (exact) mass is 527 g/mol. The zero-order valence-corrected chi connectivity index (χ0v) is 20.9. The Morgan fingerprint density at radius 3 is 2.26 bits per heavy atom. The van der Waals surface area contributed by atoms with E-state index in [0.717, 1.165) is 37.8 Å². The van der Waals surface area contributed by atoms with Gasteiger partial charge in [0.2, 0.25) is 5.91 Å². The Morgan fingerprint density at radius 2 is 1.66 bits per heavy atom. The number of nitrogens with zero attached hydrogens (tertiary/aromatic N) is 1. The molecule has 5 nitrogen and oxygen atoms in total. The minimum atomic E-state index is -4.81. The molecule has 0 aliphatic heterocycles. The van der Waals surface area contributed by atoms with Gasteiger partial charge in [-0.25, -0.2) is 4.39 Å². The number of hydrogen-bond donors (Lipinski definition) is 2. The van der Waals surface area contributed by atoms with Gasteiger partial charge in [0.05, 0.1) is 17.8 Å². The van der Waals surface area contributed by atoms with Crippen LogP contribution in [0.5, 0.6) is 0 Å². The van der Waals surface area contributed by atoms with Crippen LogP contribution in [0.2, 0.25) is 0 Å². The van der Waals surface area contributed by atoms with E-state index in [4.69, 9.17) is 0 Å². The summed E-state index contributed by atoms with van der Waals surface area (Å²) in [4.78, 5) is 29.6. The molecule has 1 atom stereocenters. The highest BCUT2D eigenvalue weighted by Crippen LogP contribution is 2.37. The molecule has 1 aliphatic carbocycles. The van der Waals surface area contributed by atoms with Crippen molar-refractivity contribution in [1.82, 2.24) is 15.6 Å². The minimum absolute atomic E-state index is 0.00379. The summed E-state index contributed by atoms with van der Waals surface area (Å²) >= 11 is 0. The maximum Gasteiger partial charge on any atom is 0.416 e. The van der Waals surface area contributed by atoms with Crippen molar-refractivity contribution in [3.05, 3.63) is 101 Å². The van der Waals surface area contributed by atoms with E-state index in [1.807, 2.05) is 0 Å². The topological polar surface area (TPSA) is 71.1 Å². The molecule has 0 saturated heterocycles. The van der Waals surface area contributed by atoms with E-state index in [9.17, 15) is 27.2 Å². The average Bonchev–Trinajstić information content (AvgIpc) is 3.41. The van der Waals surface area contributed by atoms with Crippen LogP contribution < -0.4 is 10.6 Å². The van der Waals surface area contributed by atoms with Crippen molar-refractivity contribution >= 4 is 11.7 Å². The lowest BCUT2D eigenvalue weighted by molar-refractivity contribution is -0.137. The molecule has 3 aromatic rings. The number of ketones is 1. The molecule has 0 radical (unpaired) electrons. The summed E-state index contributed by atoms with van der Waals surface area (Å²) in [5.74, 6) is -1.80. The molecule has 0 bridgehead atoms. The van der Waals surface area contributed by atoms with Crippen LogP contribution in [0.4, 0.5) is 17.6 Å². The van der Waals surface area contributed by atoms with Crippen LogP contribution >= 0.6 is 0 Å². The van der Waals surface area contributed by atoms with Gasteiger partial charge in [0.15, 0.2) is 5.78 Å². The molecule has 1 unspecified atom stereocenters. The molecular formula is C29H29F4N3O2. The van der Waals surface area contributed by atoms with E-state index in [-0.39, 0.29) is 36.0 Å². The van der Waals surface area contributed by atoms with E-state index in [1.54, 1.807) is 30.3 Å². The molecular weight excluding hydrogens is 498 g/mol. The summed E-state index contributed by atoms with van der Waals surface area (Å²) in [5, 5.41) is 6.12. The number of carbonyl (C=O) groups is 2. The lowest BCUT2D eigenvalue weighted by atomic mass is 9.79. The van der Waals surface area contributed by atoms with Gasteiger partial charge in [0, 0.05) is 24.2 Å². The summed E-state index contributed by atoms with van der Waals surface area (Å²) in [5.41, 5.74) is -1.78. The van der Waals surface area contributed by atoms with Crippen LogP contribution in [0.3, 0.4) is 0 Å². The van der Waals surface area contributed by atoms with Crippen molar-refractivity contribution < 1.29 is 27.2 Å². The van der Waals surface area contributed by atoms with Crippen molar-refractivity contribution in [2.24, 2.45) is 0 Å². The highest BCUT2D eigenvalue weighted by molar-refractivity contribution is 5.93. The fourth-order valence-corrected chi connectivity index (χ4v) is 4.93. The Balaban J connectivity index is 1.86. The number of alkyl halides is 3. The molecule has 2 N–H and O–H groups in total. The van der Waals surface area contributed by atoms with Gasteiger partial charge < -0.3 is 10.6 Å². The van der Waals surface area contributed by atoms with Crippen molar-refractivity contribution in [2.45, 2.75) is 56.8 Å². The van der Waals surface area contributed by atoms with Crippen LogP contribution in [0.1, 0.15) is 65.3 Å². The zero-order valence-electron chi connectivity index (χ0n) is 20.9. The van der Waals surface area contributed by atoms with E-state index in [1.165, 1.54) is 25.3 Å². The highest BCUT2D eigenvalue weighted by atomic mass is 19.4. The summed E-state index contributed by atoms with van der Waals surface area (Å²) in [7, 11) is 0. The van der Waals surface area contributed by atoms with Crippen molar-refractivity contribution in [3.63, 3.8) is 0 Å². The van der Waals surface area contributed by atoms with Crippen molar-refractivity contribution in [1.29, 1.82) is 0 Å². The second-order valence-electron chi connectivity index (χ2n) is 9.69. The summed E-state index contributed by atoms with van der Waals surface area (Å²) in [6.07, 6.45) is 0.501. The fourth-order valence-electron chi connectivity index (χ4n) is 4.93. The standard InChI is InChI=1S/C29H29F4N3O2/c1-19(37)21-11-12-26(35-17-21)28(16-20-7-3-2-4-8-20,36-27(38)18-34-25-9-5-6-10-25)22-13-23(29(31,32)33)15-24(30)14-22/h2-4,7-8,11-15,17,25,34H,5-6,9-10,16,18H2,1H3,(H,36,38). The van der Waals surface area contributed by atoms with Crippen LogP contribution in [-0.2, 0) is 22.9 Å². The lowest BCUT2D eigenvalue weighted by Crippen LogP contribution is -2.52. The Kier molecular flexibility index (Phi) is 8.26. The van der Waals surface area contributed by atoms with Crippen LogP contribution in [0.15, 0.2) is 66.9 Å². The Labute approximate surface area is 218 Å². The van der Waals surface area contributed by atoms with E-state index in [2.05, 4.69) is 15.6 Å². The van der Waals surface area contributed by atoms with Crippen LogP contribution in [0, 0.1) is 5.82 Å². The molecule has 4 rings (SSSR count). The van der Waals surface area contributed by atoms with Gasteiger partial charge in [-0.05, 0) is 61.2 Å². The maximum absolute atomic E-state index is 14.7. The molecule has 1 saturated carbocycles. The number of pyridine rings is 1. The van der Waals surface area contributed by atoms with E-state index < -0.39 is 29.0 Å². The summed E-state index contributed by atoms with van der Waals surface area (Å²) in [6, 6.07) is 14.3. The van der Waals surface area contributed by atoms with Gasteiger partial charge in [-0.2, -0.15) is 13.2 Å². The van der Waals surface area contributed by atoms with Crippen LogP contribution in [0.25, 0.3) is 0 Å². The maximum atomic E-state index is 14.7. The third-order valence-electron chi connectivity index (χ3n) is 6.90. The Hall–Kier alpha value is -3.59. The first-order valence-electron chi connectivity index (χ1n) is 12.5. The van der Waals surface area contributed by atoms with E-state index in [0.29, 0.717) is 17.2 Å². The first-order chi connectivity index (χ1) is 18.1. The Bertz CT molecular complexity index is 1270. The molecule has 1 amide bonds. The van der Waals surface area contributed by atoms with Crippen LogP contribution in [-0.4, -0.2) is 29.3 Å². The van der Waals surface area contributed by atoms with Crippen molar-refractivity contribution in [3.8, 4) is 0 Å². The molecule has 1 aliphatic rings. The third kappa shape index (κ3) is 6.45. The average molecular weight is 528 g/mol. The number of Topliss-reactive ketones (excluding diaryl/α,β-unsaturated/α-hetero) is 1. The normalized spacial score (nSPS) is 15.7. The first kappa shape index (κ1) is 27.4. The molecule has 38 heavy (non-hydrogen) atoms. The fraction of sp³-hybridized carbons (Fsp3) is 0.345. The molecule has 0 spiro atoms. The molecule has 200 valence electrons. The first-order valence-corrected chi connectivity index (χ1v) is 12.5. The quantitative estimate of drug-likeness (QED) is 0.282. The lowest BCUT2D eigenvalue weighted by Gasteiger charge is -2.36. The number of nitrogens with one attached hydrogen (secondary N) is 2. The number of aromatic nitrogens is 1. The predicted octanol–water partition coefficient (Wildman–Crippen LogP) is 5.58. The molecule has 1 fully saturated rings. The Morgan fingerprint density at radius 1 is 0.974 bits per heavy atom. The van der Waals surface area contributed by atoms with Gasteiger partial charge in [-0.1, -0.05) is 43.2 Å². The summed E-state index contributed by atoms with van der Waals surface area (Å²) < 4.78 is 56.0. The SMILES string of the molecule is CC(=O)c1ccc(C(Cc2ccccc2)(NC(=O)CNC2CCCC2)c2cc(F)cc(C(F)(F)F)c2)nc1. The zero-order chi connectivity index (χ0) is 27.3. The largest absolute Gasteiger partial charge is 0.416 e. The molecule has 9 heteroatoms. The molecule has 1 aromatic heterocycles. The highest BCUT2D eigenvalue weighted by Gasteiger charge is 2.41. The van der Waals surface area contributed by atoms with Gasteiger partial charge >= 0.3 is 6.18 Å². The number of amides is 1. The number of halogens is 4.